The Kier molecular flexibility index (Phi) is 4.16. The van der Waals surface area contributed by atoms with Crippen molar-refractivity contribution in [2.24, 2.45) is 0 Å². The topological polar surface area (TPSA) is 79.2 Å². The molecule has 0 aliphatic carbocycles. The Morgan fingerprint density at radius 3 is 2.62 bits per heavy atom. The van der Waals surface area contributed by atoms with Gasteiger partial charge in [0.2, 0.25) is 0 Å². The molecule has 3 fully saturated rings. The minimum absolute atomic E-state index is 0.190. The van der Waals surface area contributed by atoms with Crippen LogP contribution in [0.3, 0.4) is 0 Å². The minimum Gasteiger partial charge on any atom is -0.394 e. The standard InChI is InChI=1S/C11H20O5/c12-6-8-11-10(14)9(13)7(16-8)4-2-1-3-5-15-11/h7-14H,1-6H2/t7-,8?,9+,10?,11-/m1/s1. The molecule has 5 heteroatoms. The summed E-state index contributed by atoms with van der Waals surface area (Å²) in [6, 6.07) is 0. The Morgan fingerprint density at radius 2 is 1.88 bits per heavy atom. The van der Waals surface area contributed by atoms with Gasteiger partial charge in [-0.3, -0.25) is 0 Å². The predicted octanol–water partition coefficient (Wildman–Crippen LogP) is -0.573. The van der Waals surface area contributed by atoms with E-state index in [1.807, 2.05) is 0 Å². The van der Waals surface area contributed by atoms with Crippen molar-refractivity contribution in [3.63, 3.8) is 0 Å². The molecule has 3 aliphatic rings. The summed E-state index contributed by atoms with van der Waals surface area (Å²) in [5.74, 6) is 0. The van der Waals surface area contributed by atoms with Gasteiger partial charge in [0.15, 0.2) is 0 Å². The largest absolute Gasteiger partial charge is 0.394 e. The highest BCUT2D eigenvalue weighted by molar-refractivity contribution is 4.93. The fourth-order valence-corrected chi connectivity index (χ4v) is 2.45. The highest BCUT2D eigenvalue weighted by atomic mass is 16.6. The van der Waals surface area contributed by atoms with Gasteiger partial charge in [0.25, 0.3) is 0 Å². The van der Waals surface area contributed by atoms with Crippen molar-refractivity contribution in [2.75, 3.05) is 13.2 Å². The summed E-state index contributed by atoms with van der Waals surface area (Å²) in [5.41, 5.74) is 0. The summed E-state index contributed by atoms with van der Waals surface area (Å²) in [6.45, 7) is 0.351. The van der Waals surface area contributed by atoms with Crippen LogP contribution < -0.4 is 0 Å². The average molecular weight is 232 g/mol. The molecule has 0 amide bonds. The lowest BCUT2D eigenvalue weighted by Gasteiger charge is -2.42. The highest BCUT2D eigenvalue weighted by Crippen LogP contribution is 2.27. The fourth-order valence-electron chi connectivity index (χ4n) is 2.45. The number of fused-ring (bicyclic) bond motifs is 7. The summed E-state index contributed by atoms with van der Waals surface area (Å²) in [5, 5.41) is 29.0. The zero-order valence-electron chi connectivity index (χ0n) is 9.29. The van der Waals surface area contributed by atoms with Gasteiger partial charge in [-0.1, -0.05) is 12.8 Å². The van der Waals surface area contributed by atoms with Crippen molar-refractivity contribution in [1.82, 2.24) is 0 Å². The Labute approximate surface area is 95.0 Å². The second-order valence-corrected chi connectivity index (χ2v) is 4.56. The van der Waals surface area contributed by atoms with Crippen LogP contribution in [0, 0.1) is 0 Å². The summed E-state index contributed by atoms with van der Waals surface area (Å²) in [6.07, 6.45) is 0.256. The van der Waals surface area contributed by atoms with Crippen molar-refractivity contribution in [3.05, 3.63) is 0 Å². The van der Waals surface area contributed by atoms with Gasteiger partial charge in [0, 0.05) is 6.61 Å². The van der Waals surface area contributed by atoms with Crippen LogP contribution in [0.25, 0.3) is 0 Å². The fraction of sp³-hybridized carbons (Fsp3) is 1.00. The molecule has 3 rings (SSSR count). The van der Waals surface area contributed by atoms with E-state index >= 15 is 0 Å². The normalized spacial score (nSPS) is 45.6. The molecule has 3 N–H and O–H groups in total. The first-order valence-corrected chi connectivity index (χ1v) is 5.98. The molecule has 2 bridgehead atoms. The van der Waals surface area contributed by atoms with Crippen LogP contribution in [0.4, 0.5) is 0 Å². The molecule has 0 radical (unpaired) electrons. The van der Waals surface area contributed by atoms with Crippen LogP contribution in [0.1, 0.15) is 25.7 Å². The lowest BCUT2D eigenvalue weighted by Crippen LogP contribution is -2.59. The van der Waals surface area contributed by atoms with E-state index in [1.165, 1.54) is 0 Å². The SMILES string of the molecule is OCC1O[C@@H]2CCCCCO[C@H]1C(O)[C@H]2O. The average Bonchev–Trinajstić information content (AvgIpc) is 2.31. The van der Waals surface area contributed by atoms with Crippen LogP contribution in [-0.4, -0.2) is 59.1 Å². The van der Waals surface area contributed by atoms with Crippen molar-refractivity contribution in [3.8, 4) is 0 Å². The molecule has 2 unspecified atom stereocenters. The monoisotopic (exact) mass is 232 g/mol. The summed E-state index contributed by atoms with van der Waals surface area (Å²) in [4.78, 5) is 0. The summed E-state index contributed by atoms with van der Waals surface area (Å²) in [7, 11) is 0. The number of aliphatic hydroxyl groups excluding tert-OH is 3. The van der Waals surface area contributed by atoms with Crippen LogP contribution in [0.15, 0.2) is 0 Å². The van der Waals surface area contributed by atoms with E-state index in [9.17, 15) is 15.3 Å². The van der Waals surface area contributed by atoms with Crippen molar-refractivity contribution < 1.29 is 24.8 Å². The third-order valence-electron chi connectivity index (χ3n) is 3.41. The Morgan fingerprint density at radius 1 is 1.06 bits per heavy atom. The van der Waals surface area contributed by atoms with Crippen molar-refractivity contribution in [2.45, 2.75) is 56.2 Å². The maximum absolute atomic E-state index is 9.93. The number of ether oxygens (including phenoxy) is 2. The lowest BCUT2D eigenvalue weighted by atomic mass is 9.91. The van der Waals surface area contributed by atoms with E-state index in [1.54, 1.807) is 0 Å². The molecule has 0 aromatic heterocycles. The second-order valence-electron chi connectivity index (χ2n) is 4.56. The maximum atomic E-state index is 9.93. The molecule has 3 heterocycles. The first-order valence-electron chi connectivity index (χ1n) is 5.98. The van der Waals surface area contributed by atoms with Crippen molar-refractivity contribution >= 4 is 0 Å². The molecular weight excluding hydrogens is 212 g/mol. The van der Waals surface area contributed by atoms with Crippen molar-refractivity contribution in [1.29, 1.82) is 0 Å². The number of hydrogen-bond donors (Lipinski definition) is 3. The van der Waals surface area contributed by atoms with Gasteiger partial charge in [0.1, 0.15) is 24.4 Å². The van der Waals surface area contributed by atoms with E-state index < -0.39 is 24.4 Å². The van der Waals surface area contributed by atoms with Gasteiger partial charge in [-0.25, -0.2) is 0 Å². The zero-order chi connectivity index (χ0) is 11.5. The molecule has 0 saturated carbocycles. The van der Waals surface area contributed by atoms with Gasteiger partial charge in [0.05, 0.1) is 12.7 Å². The molecule has 3 aliphatic heterocycles. The van der Waals surface area contributed by atoms with E-state index in [0.717, 1.165) is 25.7 Å². The molecule has 3 saturated heterocycles. The van der Waals surface area contributed by atoms with Gasteiger partial charge in [-0.15, -0.1) is 0 Å². The summed E-state index contributed by atoms with van der Waals surface area (Å²) >= 11 is 0. The van der Waals surface area contributed by atoms with Crippen LogP contribution in [-0.2, 0) is 9.47 Å². The Hall–Kier alpha value is -0.200. The van der Waals surface area contributed by atoms with Gasteiger partial charge in [-0.05, 0) is 12.8 Å². The molecule has 0 aromatic rings. The first kappa shape index (κ1) is 12.3. The molecule has 0 spiro atoms. The Balaban J connectivity index is 2.12. The van der Waals surface area contributed by atoms with E-state index in [2.05, 4.69) is 0 Å². The van der Waals surface area contributed by atoms with E-state index in [-0.39, 0.29) is 12.7 Å². The third-order valence-corrected chi connectivity index (χ3v) is 3.41. The molecule has 5 nitrogen and oxygen atoms in total. The predicted molar refractivity (Wildman–Crippen MR) is 56.0 cm³/mol. The third kappa shape index (κ3) is 2.38. The van der Waals surface area contributed by atoms with Gasteiger partial charge < -0.3 is 24.8 Å². The quantitative estimate of drug-likeness (QED) is 0.564. The zero-order valence-corrected chi connectivity index (χ0v) is 9.29. The molecule has 5 atom stereocenters. The molecule has 94 valence electrons. The lowest BCUT2D eigenvalue weighted by molar-refractivity contribution is -0.245. The minimum atomic E-state index is -0.964. The van der Waals surface area contributed by atoms with Crippen LogP contribution in [0.2, 0.25) is 0 Å². The summed E-state index contributed by atoms with van der Waals surface area (Å²) < 4.78 is 11.1. The van der Waals surface area contributed by atoms with E-state index in [0.29, 0.717) is 6.61 Å². The first-order chi connectivity index (χ1) is 7.74. The second kappa shape index (κ2) is 5.42. The smallest absolute Gasteiger partial charge is 0.114 e. The Bertz CT molecular complexity index is 218. The molecule has 16 heavy (non-hydrogen) atoms. The molecule has 0 aromatic carbocycles. The van der Waals surface area contributed by atoms with Crippen LogP contribution >= 0.6 is 0 Å². The number of hydrogen-bond acceptors (Lipinski definition) is 5. The van der Waals surface area contributed by atoms with Gasteiger partial charge in [-0.2, -0.15) is 0 Å². The van der Waals surface area contributed by atoms with Crippen LogP contribution in [0.5, 0.6) is 0 Å². The maximum Gasteiger partial charge on any atom is 0.114 e. The molecular formula is C11H20O5. The number of aliphatic hydroxyl groups is 3. The van der Waals surface area contributed by atoms with E-state index in [4.69, 9.17) is 9.47 Å². The van der Waals surface area contributed by atoms with Gasteiger partial charge >= 0.3 is 0 Å². The number of rotatable bonds is 1. The highest BCUT2D eigenvalue weighted by Gasteiger charge is 2.44.